The van der Waals surface area contributed by atoms with Crippen molar-refractivity contribution in [1.29, 1.82) is 0 Å². The predicted molar refractivity (Wildman–Crippen MR) is 98.3 cm³/mol. The Kier molecular flexibility index (Phi) is 4.66. The smallest absolute Gasteiger partial charge is 0.290 e. The molecule has 3 amide bonds. The Balaban J connectivity index is 1.43. The lowest BCUT2D eigenvalue weighted by atomic mass is 10.1. The fourth-order valence-electron chi connectivity index (χ4n) is 3.28. The number of carbonyl (C=O) groups is 3. The summed E-state index contributed by atoms with van der Waals surface area (Å²) in [5.41, 5.74) is 1.05. The zero-order chi connectivity index (χ0) is 18.8. The molecule has 7 heteroatoms. The van der Waals surface area contributed by atoms with Crippen LogP contribution in [0, 0.1) is 0 Å². The molecule has 1 aliphatic heterocycles. The molecule has 0 spiro atoms. The number of anilines is 1. The third-order valence-electron chi connectivity index (χ3n) is 4.85. The van der Waals surface area contributed by atoms with Crippen LogP contribution in [0.1, 0.15) is 46.6 Å². The van der Waals surface area contributed by atoms with Gasteiger partial charge in [-0.1, -0.05) is 6.07 Å². The fraction of sp³-hybridized carbons (Fsp3) is 0.350. The van der Waals surface area contributed by atoms with Crippen molar-refractivity contribution in [2.24, 2.45) is 0 Å². The molecular formula is C20H21N3O4. The molecule has 0 bridgehead atoms. The second-order valence-electron chi connectivity index (χ2n) is 6.95. The molecular weight excluding hydrogens is 346 g/mol. The van der Waals surface area contributed by atoms with Crippen molar-refractivity contribution in [3.63, 3.8) is 0 Å². The Hall–Kier alpha value is -3.09. The van der Waals surface area contributed by atoms with Crippen molar-refractivity contribution in [3.8, 4) is 0 Å². The molecule has 1 unspecified atom stereocenters. The van der Waals surface area contributed by atoms with Crippen molar-refractivity contribution < 1.29 is 18.8 Å². The number of nitrogens with zero attached hydrogens (tertiary/aromatic N) is 1. The summed E-state index contributed by atoms with van der Waals surface area (Å²) in [5.74, 6) is -0.445. The van der Waals surface area contributed by atoms with Crippen molar-refractivity contribution in [2.45, 2.75) is 37.8 Å². The third kappa shape index (κ3) is 3.86. The highest BCUT2D eigenvalue weighted by atomic mass is 16.3. The first-order chi connectivity index (χ1) is 13.1. The summed E-state index contributed by atoms with van der Waals surface area (Å²) in [6.45, 7) is 0.515. The average Bonchev–Trinajstić information content (AvgIpc) is 3.16. The van der Waals surface area contributed by atoms with Crippen LogP contribution in [0.2, 0.25) is 0 Å². The van der Waals surface area contributed by atoms with Gasteiger partial charge in [-0.15, -0.1) is 0 Å². The Morgan fingerprint density at radius 2 is 1.93 bits per heavy atom. The Morgan fingerprint density at radius 3 is 2.67 bits per heavy atom. The van der Waals surface area contributed by atoms with E-state index in [0.29, 0.717) is 24.2 Å². The monoisotopic (exact) mass is 367 g/mol. The summed E-state index contributed by atoms with van der Waals surface area (Å²) in [6.07, 6.45) is 4.83. The highest BCUT2D eigenvalue weighted by Crippen LogP contribution is 2.23. The minimum atomic E-state index is -0.549. The van der Waals surface area contributed by atoms with Crippen LogP contribution in [-0.2, 0) is 4.79 Å². The van der Waals surface area contributed by atoms with Gasteiger partial charge < -0.3 is 20.0 Å². The molecule has 27 heavy (non-hydrogen) atoms. The van der Waals surface area contributed by atoms with Crippen LogP contribution in [0.3, 0.4) is 0 Å². The van der Waals surface area contributed by atoms with E-state index in [9.17, 15) is 14.4 Å². The molecule has 7 nitrogen and oxygen atoms in total. The number of benzene rings is 1. The van der Waals surface area contributed by atoms with E-state index in [-0.39, 0.29) is 29.5 Å². The van der Waals surface area contributed by atoms with Crippen LogP contribution in [0.25, 0.3) is 0 Å². The Bertz CT molecular complexity index is 858. The molecule has 1 saturated heterocycles. The van der Waals surface area contributed by atoms with Crippen molar-refractivity contribution in [3.05, 3.63) is 54.0 Å². The molecule has 1 aliphatic carbocycles. The molecule has 1 aromatic heterocycles. The van der Waals surface area contributed by atoms with Gasteiger partial charge in [0.15, 0.2) is 5.76 Å². The SMILES string of the molecule is O=C(NC1CC1)c1cccc(NC(=O)C2CCCN2C(=O)c2ccco2)c1. The van der Waals surface area contributed by atoms with Crippen LogP contribution < -0.4 is 10.6 Å². The van der Waals surface area contributed by atoms with Gasteiger partial charge in [0, 0.05) is 23.8 Å². The van der Waals surface area contributed by atoms with Crippen molar-refractivity contribution in [2.75, 3.05) is 11.9 Å². The van der Waals surface area contributed by atoms with Gasteiger partial charge in [-0.3, -0.25) is 14.4 Å². The van der Waals surface area contributed by atoms with Crippen molar-refractivity contribution >= 4 is 23.4 Å². The lowest BCUT2D eigenvalue weighted by molar-refractivity contribution is -0.119. The van der Waals surface area contributed by atoms with E-state index in [0.717, 1.165) is 19.3 Å². The van der Waals surface area contributed by atoms with Crippen LogP contribution in [-0.4, -0.2) is 41.2 Å². The van der Waals surface area contributed by atoms with Crippen LogP contribution in [0.15, 0.2) is 47.1 Å². The highest BCUT2D eigenvalue weighted by molar-refractivity contribution is 6.01. The molecule has 2 N–H and O–H groups in total. The van der Waals surface area contributed by atoms with E-state index >= 15 is 0 Å². The number of nitrogens with one attached hydrogen (secondary N) is 2. The minimum Gasteiger partial charge on any atom is -0.459 e. The van der Waals surface area contributed by atoms with E-state index in [4.69, 9.17) is 4.42 Å². The number of carbonyl (C=O) groups excluding carboxylic acids is 3. The molecule has 2 aliphatic rings. The molecule has 4 rings (SSSR count). The largest absolute Gasteiger partial charge is 0.459 e. The van der Waals surface area contributed by atoms with Gasteiger partial charge in [-0.05, 0) is 56.0 Å². The molecule has 2 fully saturated rings. The first-order valence-corrected chi connectivity index (χ1v) is 9.18. The van der Waals surface area contributed by atoms with Gasteiger partial charge in [-0.2, -0.15) is 0 Å². The van der Waals surface area contributed by atoms with E-state index in [1.165, 1.54) is 11.2 Å². The summed E-state index contributed by atoms with van der Waals surface area (Å²) in [5, 5.41) is 5.76. The number of amides is 3. The molecule has 2 heterocycles. The zero-order valence-electron chi connectivity index (χ0n) is 14.8. The zero-order valence-corrected chi connectivity index (χ0v) is 14.8. The van der Waals surface area contributed by atoms with Gasteiger partial charge in [0.1, 0.15) is 6.04 Å². The second-order valence-corrected chi connectivity index (χ2v) is 6.95. The van der Waals surface area contributed by atoms with Crippen LogP contribution in [0.4, 0.5) is 5.69 Å². The summed E-state index contributed by atoms with van der Waals surface area (Å²) in [7, 11) is 0. The maximum atomic E-state index is 12.7. The van der Waals surface area contributed by atoms with Gasteiger partial charge in [0.05, 0.1) is 6.26 Å². The third-order valence-corrected chi connectivity index (χ3v) is 4.85. The summed E-state index contributed by atoms with van der Waals surface area (Å²) < 4.78 is 5.17. The highest BCUT2D eigenvalue weighted by Gasteiger charge is 2.35. The summed E-state index contributed by atoms with van der Waals surface area (Å²) in [4.78, 5) is 39.0. The first kappa shape index (κ1) is 17.3. The lowest BCUT2D eigenvalue weighted by Crippen LogP contribution is -2.43. The molecule has 0 radical (unpaired) electrons. The Morgan fingerprint density at radius 1 is 1.07 bits per heavy atom. The topological polar surface area (TPSA) is 91.7 Å². The lowest BCUT2D eigenvalue weighted by Gasteiger charge is -2.23. The van der Waals surface area contributed by atoms with Gasteiger partial charge in [-0.25, -0.2) is 0 Å². The maximum absolute atomic E-state index is 12.7. The number of hydrogen-bond donors (Lipinski definition) is 2. The van der Waals surface area contributed by atoms with Crippen LogP contribution in [0.5, 0.6) is 0 Å². The quantitative estimate of drug-likeness (QED) is 0.849. The van der Waals surface area contributed by atoms with Gasteiger partial charge >= 0.3 is 0 Å². The van der Waals surface area contributed by atoms with Gasteiger partial charge in [0.25, 0.3) is 11.8 Å². The maximum Gasteiger partial charge on any atom is 0.290 e. The second kappa shape index (κ2) is 7.26. The standard InChI is InChI=1S/C20H21N3O4/c24-18(21-14-8-9-14)13-4-1-5-15(12-13)22-19(25)16-6-2-10-23(16)20(26)17-7-3-11-27-17/h1,3-5,7,11-12,14,16H,2,6,8-10H2,(H,21,24)(H,22,25). The van der Waals surface area contributed by atoms with Gasteiger partial charge in [0.2, 0.25) is 5.91 Å². The van der Waals surface area contributed by atoms with E-state index < -0.39 is 6.04 Å². The number of likely N-dealkylation sites (tertiary alicyclic amines) is 1. The van der Waals surface area contributed by atoms with Crippen LogP contribution >= 0.6 is 0 Å². The Labute approximate surface area is 156 Å². The normalized spacial score (nSPS) is 19.0. The average molecular weight is 367 g/mol. The predicted octanol–water partition coefficient (Wildman–Crippen LogP) is 2.42. The molecule has 2 aromatic rings. The van der Waals surface area contributed by atoms with E-state index in [1.54, 1.807) is 36.4 Å². The summed E-state index contributed by atoms with van der Waals surface area (Å²) >= 11 is 0. The number of furan rings is 1. The molecule has 1 atom stereocenters. The fourth-order valence-corrected chi connectivity index (χ4v) is 3.28. The molecule has 1 saturated carbocycles. The number of hydrogen-bond acceptors (Lipinski definition) is 4. The van der Waals surface area contributed by atoms with Crippen molar-refractivity contribution in [1.82, 2.24) is 10.2 Å². The summed E-state index contributed by atoms with van der Waals surface area (Å²) in [6, 6.07) is 9.81. The molecule has 140 valence electrons. The van der Waals surface area contributed by atoms with E-state index in [1.807, 2.05) is 0 Å². The first-order valence-electron chi connectivity index (χ1n) is 9.18. The number of rotatable bonds is 5. The molecule has 1 aromatic carbocycles. The van der Waals surface area contributed by atoms with E-state index in [2.05, 4.69) is 10.6 Å². The minimum absolute atomic E-state index is 0.135.